The van der Waals surface area contributed by atoms with Gasteiger partial charge >= 0.3 is 6.18 Å². The normalized spacial score (nSPS) is 11.5. The summed E-state index contributed by atoms with van der Waals surface area (Å²) < 4.78 is 38.4. The molecule has 2 rings (SSSR count). The maximum Gasteiger partial charge on any atom is 0.416 e. The van der Waals surface area contributed by atoms with Crippen LogP contribution in [0.3, 0.4) is 0 Å². The van der Waals surface area contributed by atoms with E-state index >= 15 is 0 Å². The van der Waals surface area contributed by atoms with Crippen LogP contribution in [-0.4, -0.2) is 9.67 Å². The lowest BCUT2D eigenvalue weighted by atomic mass is 10.2. The minimum absolute atomic E-state index is 0.415. The van der Waals surface area contributed by atoms with Crippen molar-refractivity contribution >= 4 is 0 Å². The zero-order valence-electron chi connectivity index (χ0n) is 8.98. The van der Waals surface area contributed by atoms with Gasteiger partial charge in [-0.05, 0) is 24.3 Å². The summed E-state index contributed by atoms with van der Waals surface area (Å²) in [6.07, 6.45) is -1.88. The molecule has 0 aliphatic rings. The molecule has 0 spiro atoms. The van der Waals surface area contributed by atoms with Gasteiger partial charge in [0.1, 0.15) is 0 Å². The molecule has 0 saturated carbocycles. The topological polar surface area (TPSA) is 42.2 Å². The van der Waals surface area contributed by atoms with Gasteiger partial charge in [-0.3, -0.25) is 4.79 Å². The first kappa shape index (κ1) is 12.2. The monoisotopic (exact) mass is 255 g/mol. The molecule has 6 heteroatoms. The molecule has 0 amide bonds. The Morgan fingerprint density at radius 1 is 1.06 bits per heavy atom. The van der Waals surface area contributed by atoms with Gasteiger partial charge in [-0.25, -0.2) is 0 Å². The van der Waals surface area contributed by atoms with Crippen molar-refractivity contribution in [3.8, 4) is 11.4 Å². The molecule has 0 aliphatic carbocycles. The smallest absolute Gasteiger partial charge is 0.416 e. The predicted molar refractivity (Wildman–Crippen MR) is 58.7 cm³/mol. The van der Waals surface area contributed by atoms with Gasteiger partial charge in [-0.2, -0.15) is 13.2 Å². The van der Waals surface area contributed by atoms with E-state index < -0.39 is 22.9 Å². The third kappa shape index (κ3) is 2.37. The number of benzene rings is 1. The van der Waals surface area contributed by atoms with E-state index in [1.165, 1.54) is 22.9 Å². The van der Waals surface area contributed by atoms with Crippen LogP contribution in [0.5, 0.6) is 5.75 Å². The highest BCUT2D eigenvalue weighted by molar-refractivity contribution is 5.37. The van der Waals surface area contributed by atoms with Crippen LogP contribution in [0.15, 0.2) is 47.5 Å². The van der Waals surface area contributed by atoms with E-state index in [4.69, 9.17) is 0 Å². The van der Waals surface area contributed by atoms with Crippen molar-refractivity contribution in [3.05, 3.63) is 58.5 Å². The standard InChI is InChI=1S/C12H8F3NO2/c13-12(14,15)8-1-3-9(4-2-8)16-6-5-10(17)11(18)7-16/h1-7,18H. The fourth-order valence-electron chi connectivity index (χ4n) is 1.45. The van der Waals surface area contributed by atoms with Crippen LogP contribution in [0.4, 0.5) is 13.2 Å². The van der Waals surface area contributed by atoms with Crippen LogP contribution in [0, 0.1) is 0 Å². The second kappa shape index (κ2) is 4.21. The number of hydrogen-bond donors (Lipinski definition) is 1. The second-order valence-electron chi connectivity index (χ2n) is 3.65. The Labute approximate surface area is 99.7 Å². The number of hydrogen-bond acceptors (Lipinski definition) is 2. The Kier molecular flexibility index (Phi) is 2.86. The quantitative estimate of drug-likeness (QED) is 0.850. The molecule has 1 aromatic carbocycles. The summed E-state index contributed by atoms with van der Waals surface area (Å²) in [5, 5.41) is 9.23. The highest BCUT2D eigenvalue weighted by Crippen LogP contribution is 2.29. The van der Waals surface area contributed by atoms with Gasteiger partial charge in [0.2, 0.25) is 5.43 Å². The van der Waals surface area contributed by atoms with Gasteiger partial charge in [0, 0.05) is 18.0 Å². The molecular formula is C12H8F3NO2. The van der Waals surface area contributed by atoms with Gasteiger partial charge < -0.3 is 9.67 Å². The van der Waals surface area contributed by atoms with Crippen molar-refractivity contribution < 1.29 is 18.3 Å². The molecule has 1 heterocycles. The van der Waals surface area contributed by atoms with Crippen LogP contribution in [-0.2, 0) is 6.18 Å². The number of alkyl halides is 3. The molecule has 0 unspecified atom stereocenters. The number of halogens is 3. The minimum atomic E-state index is -4.38. The third-order valence-corrected chi connectivity index (χ3v) is 2.39. The Balaban J connectivity index is 2.40. The summed E-state index contributed by atoms with van der Waals surface area (Å²) in [6.45, 7) is 0. The Hall–Kier alpha value is -2.24. The molecule has 0 radical (unpaired) electrons. The van der Waals surface area contributed by atoms with E-state index in [0.717, 1.165) is 24.4 Å². The van der Waals surface area contributed by atoms with Gasteiger partial charge in [0.05, 0.1) is 11.8 Å². The predicted octanol–water partition coefficient (Wildman–Crippen LogP) is 2.56. The molecule has 2 aromatic rings. The number of pyridine rings is 1. The molecule has 0 aliphatic heterocycles. The fourth-order valence-corrected chi connectivity index (χ4v) is 1.45. The van der Waals surface area contributed by atoms with Crippen molar-refractivity contribution in [2.45, 2.75) is 6.18 Å². The van der Waals surface area contributed by atoms with E-state index in [9.17, 15) is 23.1 Å². The van der Waals surface area contributed by atoms with Crippen LogP contribution in [0.25, 0.3) is 5.69 Å². The summed E-state index contributed by atoms with van der Waals surface area (Å²) in [5.41, 5.74) is -0.882. The zero-order valence-corrected chi connectivity index (χ0v) is 8.98. The van der Waals surface area contributed by atoms with Gasteiger partial charge in [0.15, 0.2) is 5.75 Å². The zero-order chi connectivity index (χ0) is 13.3. The molecule has 94 valence electrons. The van der Waals surface area contributed by atoms with Crippen molar-refractivity contribution in [3.63, 3.8) is 0 Å². The summed E-state index contributed by atoms with van der Waals surface area (Å²) in [7, 11) is 0. The van der Waals surface area contributed by atoms with Crippen molar-refractivity contribution in [2.24, 2.45) is 0 Å². The summed E-state index contributed by atoms with van der Waals surface area (Å²) >= 11 is 0. The lowest BCUT2D eigenvalue weighted by Crippen LogP contribution is -2.06. The first-order valence-corrected chi connectivity index (χ1v) is 4.97. The van der Waals surface area contributed by atoms with Crippen LogP contribution < -0.4 is 5.43 Å². The van der Waals surface area contributed by atoms with Gasteiger partial charge in [-0.15, -0.1) is 0 Å². The maximum absolute atomic E-state index is 12.4. The van der Waals surface area contributed by atoms with E-state index in [0.29, 0.717) is 5.69 Å². The molecule has 1 aromatic heterocycles. The largest absolute Gasteiger partial charge is 0.503 e. The average Bonchev–Trinajstić information content (AvgIpc) is 2.32. The molecular weight excluding hydrogens is 247 g/mol. The Bertz CT molecular complexity index is 614. The Morgan fingerprint density at radius 3 is 2.17 bits per heavy atom. The fraction of sp³-hybridized carbons (Fsp3) is 0.0833. The van der Waals surface area contributed by atoms with Crippen LogP contribution in [0.2, 0.25) is 0 Å². The summed E-state index contributed by atoms with van der Waals surface area (Å²) in [6, 6.07) is 5.52. The van der Waals surface area contributed by atoms with Crippen molar-refractivity contribution in [2.75, 3.05) is 0 Å². The van der Waals surface area contributed by atoms with Crippen molar-refractivity contribution in [1.29, 1.82) is 0 Å². The van der Waals surface area contributed by atoms with Crippen LogP contribution >= 0.6 is 0 Å². The highest BCUT2D eigenvalue weighted by atomic mass is 19.4. The summed E-state index contributed by atoms with van der Waals surface area (Å²) in [4.78, 5) is 11.0. The van der Waals surface area contributed by atoms with E-state index in [1.54, 1.807) is 0 Å². The van der Waals surface area contributed by atoms with Crippen molar-refractivity contribution in [1.82, 2.24) is 4.57 Å². The molecule has 0 atom stereocenters. The summed E-state index contributed by atoms with van der Waals surface area (Å²) in [5.74, 6) is -0.461. The lowest BCUT2D eigenvalue weighted by Gasteiger charge is -2.09. The average molecular weight is 255 g/mol. The second-order valence-corrected chi connectivity index (χ2v) is 3.65. The van der Waals surface area contributed by atoms with E-state index in [-0.39, 0.29) is 0 Å². The molecule has 18 heavy (non-hydrogen) atoms. The van der Waals surface area contributed by atoms with Gasteiger partial charge in [-0.1, -0.05) is 0 Å². The first-order valence-electron chi connectivity index (χ1n) is 4.97. The maximum atomic E-state index is 12.4. The molecule has 0 bridgehead atoms. The Morgan fingerprint density at radius 2 is 1.67 bits per heavy atom. The van der Waals surface area contributed by atoms with Crippen LogP contribution in [0.1, 0.15) is 5.56 Å². The lowest BCUT2D eigenvalue weighted by molar-refractivity contribution is -0.137. The highest BCUT2D eigenvalue weighted by Gasteiger charge is 2.29. The molecule has 1 N–H and O–H groups in total. The van der Waals surface area contributed by atoms with Gasteiger partial charge in [0.25, 0.3) is 0 Å². The molecule has 0 fully saturated rings. The van der Waals surface area contributed by atoms with E-state index in [2.05, 4.69) is 0 Å². The number of aromatic hydroxyl groups is 1. The third-order valence-electron chi connectivity index (χ3n) is 2.39. The minimum Gasteiger partial charge on any atom is -0.503 e. The number of rotatable bonds is 1. The number of nitrogens with zero attached hydrogens (tertiary/aromatic N) is 1. The van der Waals surface area contributed by atoms with E-state index in [1.807, 2.05) is 0 Å². The SMILES string of the molecule is O=c1ccn(-c2ccc(C(F)(F)F)cc2)cc1O. The number of aromatic nitrogens is 1. The first-order chi connectivity index (χ1) is 8.38. The molecule has 0 saturated heterocycles. The molecule has 3 nitrogen and oxygen atoms in total.